The lowest BCUT2D eigenvalue weighted by molar-refractivity contribution is 0.325. The number of hydrogen-bond acceptors (Lipinski definition) is 3. The van der Waals surface area contributed by atoms with Gasteiger partial charge in [0.15, 0.2) is 0 Å². The van der Waals surface area contributed by atoms with Crippen LogP contribution in [-0.4, -0.2) is 11.9 Å². The average molecular weight is 381 g/mol. The lowest BCUT2D eigenvalue weighted by atomic mass is 10.4. The molecule has 0 aliphatic carbocycles. The van der Waals surface area contributed by atoms with Crippen molar-refractivity contribution >= 4 is 54.5 Å². The Hall–Kier alpha value is 0.320. The number of thiophene rings is 2. The fourth-order valence-electron chi connectivity index (χ4n) is 1.46. The molecule has 2 aromatic heterocycles. The van der Waals surface area contributed by atoms with Gasteiger partial charge in [0.05, 0.1) is 3.79 Å². The summed E-state index contributed by atoms with van der Waals surface area (Å²) in [6, 6.07) is 6.47. The van der Waals surface area contributed by atoms with Gasteiger partial charge in [-0.15, -0.1) is 22.7 Å². The van der Waals surface area contributed by atoms with E-state index in [0.717, 1.165) is 13.1 Å². The molecule has 2 heterocycles. The van der Waals surface area contributed by atoms with E-state index in [4.69, 9.17) is 0 Å². The zero-order valence-corrected chi connectivity index (χ0v) is 13.5. The van der Waals surface area contributed by atoms with Gasteiger partial charge in [0.1, 0.15) is 0 Å². The van der Waals surface area contributed by atoms with Crippen LogP contribution in [0.4, 0.5) is 0 Å². The first-order valence-corrected chi connectivity index (χ1v) is 8.07. The summed E-state index contributed by atoms with van der Waals surface area (Å²) in [5, 5.41) is 2.13. The summed E-state index contributed by atoms with van der Waals surface area (Å²) in [5.41, 5.74) is 0. The Labute approximate surface area is 120 Å². The van der Waals surface area contributed by atoms with E-state index < -0.39 is 0 Å². The first-order valence-electron chi connectivity index (χ1n) is 4.79. The van der Waals surface area contributed by atoms with Crippen molar-refractivity contribution in [3.05, 3.63) is 41.6 Å². The molecule has 0 aliphatic heterocycles. The van der Waals surface area contributed by atoms with Crippen LogP contribution < -0.4 is 0 Å². The van der Waals surface area contributed by atoms with Gasteiger partial charge in [-0.25, -0.2) is 0 Å². The van der Waals surface area contributed by atoms with Crippen LogP contribution in [0.1, 0.15) is 9.75 Å². The van der Waals surface area contributed by atoms with Gasteiger partial charge in [-0.2, -0.15) is 0 Å². The Morgan fingerprint density at radius 2 is 1.94 bits per heavy atom. The zero-order chi connectivity index (χ0) is 11.5. The van der Waals surface area contributed by atoms with Crippen molar-refractivity contribution in [3.8, 4) is 0 Å². The summed E-state index contributed by atoms with van der Waals surface area (Å²) in [4.78, 5) is 5.12. The number of halogens is 2. The van der Waals surface area contributed by atoms with Crippen molar-refractivity contribution in [2.24, 2.45) is 0 Å². The Morgan fingerprint density at radius 1 is 1.19 bits per heavy atom. The van der Waals surface area contributed by atoms with E-state index in [2.05, 4.69) is 67.4 Å². The van der Waals surface area contributed by atoms with E-state index in [1.807, 2.05) is 0 Å². The van der Waals surface area contributed by atoms with E-state index in [1.54, 1.807) is 22.7 Å². The molecular weight excluding hydrogens is 370 g/mol. The smallest absolute Gasteiger partial charge is 0.0701 e. The van der Waals surface area contributed by atoms with Gasteiger partial charge in [0.2, 0.25) is 0 Å². The minimum Gasteiger partial charge on any atom is -0.296 e. The molecule has 0 unspecified atom stereocenters. The molecule has 1 nitrogen and oxygen atoms in total. The fourth-order valence-corrected chi connectivity index (χ4v) is 4.56. The SMILES string of the molecule is CN(Cc1cc(Br)cs1)Cc1ccc(Br)s1. The summed E-state index contributed by atoms with van der Waals surface area (Å²) in [6.07, 6.45) is 0. The highest BCUT2D eigenvalue weighted by molar-refractivity contribution is 9.11. The first kappa shape index (κ1) is 12.8. The van der Waals surface area contributed by atoms with E-state index in [1.165, 1.54) is 18.0 Å². The summed E-state index contributed by atoms with van der Waals surface area (Å²) < 4.78 is 2.38. The van der Waals surface area contributed by atoms with Crippen LogP contribution in [0.25, 0.3) is 0 Å². The molecule has 86 valence electrons. The predicted octanol–water partition coefficient (Wildman–Crippen LogP) is 4.97. The third-order valence-electron chi connectivity index (χ3n) is 2.10. The average Bonchev–Trinajstić information content (AvgIpc) is 2.76. The maximum Gasteiger partial charge on any atom is 0.0701 e. The van der Waals surface area contributed by atoms with Crippen LogP contribution in [0.15, 0.2) is 31.8 Å². The van der Waals surface area contributed by atoms with Gasteiger partial charge in [0.25, 0.3) is 0 Å². The molecule has 0 atom stereocenters. The van der Waals surface area contributed by atoms with Crippen molar-refractivity contribution in [2.75, 3.05) is 7.05 Å². The first-order chi connectivity index (χ1) is 7.63. The molecule has 16 heavy (non-hydrogen) atoms. The van der Waals surface area contributed by atoms with E-state index in [-0.39, 0.29) is 0 Å². The topological polar surface area (TPSA) is 3.24 Å². The van der Waals surface area contributed by atoms with Crippen LogP contribution in [-0.2, 0) is 13.1 Å². The molecule has 2 rings (SSSR count). The number of nitrogens with zero attached hydrogens (tertiary/aromatic N) is 1. The second-order valence-electron chi connectivity index (χ2n) is 3.61. The summed E-state index contributed by atoms with van der Waals surface area (Å²) in [5.74, 6) is 0. The minimum absolute atomic E-state index is 1.01. The lowest BCUT2D eigenvalue weighted by Crippen LogP contribution is -2.15. The molecule has 0 aromatic carbocycles. The summed E-state index contributed by atoms with van der Waals surface area (Å²) in [6.45, 7) is 2.01. The molecule has 0 spiro atoms. The van der Waals surface area contributed by atoms with Crippen molar-refractivity contribution in [3.63, 3.8) is 0 Å². The Balaban J connectivity index is 1.91. The van der Waals surface area contributed by atoms with Crippen molar-refractivity contribution < 1.29 is 0 Å². The lowest BCUT2D eigenvalue weighted by Gasteiger charge is -2.13. The zero-order valence-electron chi connectivity index (χ0n) is 8.74. The highest BCUT2D eigenvalue weighted by Gasteiger charge is 2.05. The minimum atomic E-state index is 1.01. The van der Waals surface area contributed by atoms with Gasteiger partial charge in [0, 0.05) is 32.7 Å². The van der Waals surface area contributed by atoms with E-state index in [0.29, 0.717) is 0 Å². The Morgan fingerprint density at radius 3 is 2.50 bits per heavy atom. The molecule has 0 bridgehead atoms. The summed E-state index contributed by atoms with van der Waals surface area (Å²) >= 11 is 10.6. The molecule has 0 fully saturated rings. The third-order valence-corrected chi connectivity index (χ3v) is 5.39. The molecular formula is C11H11Br2NS2. The second-order valence-corrected chi connectivity index (χ2v) is 8.07. The highest BCUT2D eigenvalue weighted by Crippen LogP contribution is 2.25. The van der Waals surface area contributed by atoms with E-state index >= 15 is 0 Å². The fraction of sp³-hybridized carbons (Fsp3) is 0.273. The largest absolute Gasteiger partial charge is 0.296 e. The molecule has 0 N–H and O–H groups in total. The number of hydrogen-bond donors (Lipinski definition) is 0. The van der Waals surface area contributed by atoms with Crippen LogP contribution in [0.3, 0.4) is 0 Å². The van der Waals surface area contributed by atoms with Gasteiger partial charge in [-0.3, -0.25) is 4.90 Å². The van der Waals surface area contributed by atoms with E-state index in [9.17, 15) is 0 Å². The van der Waals surface area contributed by atoms with Gasteiger partial charge >= 0.3 is 0 Å². The van der Waals surface area contributed by atoms with Crippen molar-refractivity contribution in [1.29, 1.82) is 0 Å². The number of rotatable bonds is 4. The second kappa shape index (κ2) is 5.78. The van der Waals surface area contributed by atoms with Crippen molar-refractivity contribution in [2.45, 2.75) is 13.1 Å². The van der Waals surface area contributed by atoms with Gasteiger partial charge in [-0.05, 0) is 57.1 Å². The monoisotopic (exact) mass is 379 g/mol. The Bertz CT molecular complexity index is 422. The molecule has 5 heteroatoms. The maximum atomic E-state index is 3.49. The molecule has 0 aliphatic rings. The highest BCUT2D eigenvalue weighted by atomic mass is 79.9. The maximum absolute atomic E-state index is 3.49. The predicted molar refractivity (Wildman–Crippen MR) is 79.2 cm³/mol. The molecule has 0 saturated carbocycles. The summed E-state index contributed by atoms with van der Waals surface area (Å²) in [7, 11) is 2.15. The molecule has 0 amide bonds. The molecule has 2 aromatic rings. The quantitative estimate of drug-likeness (QED) is 0.723. The standard InChI is InChI=1S/C11H11Br2NS2/c1-14(5-9-2-3-11(13)16-9)6-10-4-8(12)7-15-10/h2-4,7H,5-6H2,1H3. The van der Waals surface area contributed by atoms with Gasteiger partial charge < -0.3 is 0 Å². The van der Waals surface area contributed by atoms with Crippen LogP contribution in [0, 0.1) is 0 Å². The Kier molecular flexibility index (Phi) is 4.61. The van der Waals surface area contributed by atoms with Crippen LogP contribution in [0.5, 0.6) is 0 Å². The van der Waals surface area contributed by atoms with Crippen LogP contribution >= 0.6 is 54.5 Å². The van der Waals surface area contributed by atoms with Crippen LogP contribution in [0.2, 0.25) is 0 Å². The van der Waals surface area contributed by atoms with Crippen molar-refractivity contribution in [1.82, 2.24) is 4.90 Å². The molecule has 0 radical (unpaired) electrons. The normalized spacial score (nSPS) is 11.2. The molecule has 0 saturated heterocycles. The van der Waals surface area contributed by atoms with Gasteiger partial charge in [-0.1, -0.05) is 0 Å². The third kappa shape index (κ3) is 3.67.